The van der Waals surface area contributed by atoms with Gasteiger partial charge >= 0.3 is 0 Å². The van der Waals surface area contributed by atoms with Crippen LogP contribution in [0.4, 0.5) is 11.4 Å². The molecule has 0 heterocycles. The number of rotatable bonds is 10. The molecule has 2 N–H and O–H groups in total. The molecule has 0 unspecified atom stereocenters. The van der Waals surface area contributed by atoms with Crippen LogP contribution in [0.3, 0.4) is 0 Å². The van der Waals surface area contributed by atoms with Crippen molar-refractivity contribution >= 4 is 33.2 Å². The van der Waals surface area contributed by atoms with Crippen molar-refractivity contribution in [3.05, 3.63) is 54.1 Å². The van der Waals surface area contributed by atoms with Crippen LogP contribution in [0, 0.1) is 0 Å². The Kier molecular flexibility index (Phi) is 8.44. The number of benzene rings is 2. The first-order chi connectivity index (χ1) is 14.7. The van der Waals surface area contributed by atoms with E-state index in [4.69, 9.17) is 4.74 Å². The topological polar surface area (TPSA) is 105 Å². The van der Waals surface area contributed by atoms with Gasteiger partial charge in [0.2, 0.25) is 10.0 Å². The lowest BCUT2D eigenvalue weighted by atomic mass is 10.1. The largest absolute Gasteiger partial charge is 0.481 e. The summed E-state index contributed by atoms with van der Waals surface area (Å²) in [7, 11) is -1.91. The number of amides is 2. The Bertz CT molecular complexity index is 1010. The maximum absolute atomic E-state index is 12.8. The third kappa shape index (κ3) is 6.71. The maximum atomic E-state index is 12.8. The van der Waals surface area contributed by atoms with Crippen LogP contribution in [0.15, 0.2) is 48.5 Å². The molecule has 0 bridgehead atoms. The van der Waals surface area contributed by atoms with E-state index < -0.39 is 16.1 Å². The van der Waals surface area contributed by atoms with E-state index in [0.29, 0.717) is 35.7 Å². The van der Waals surface area contributed by atoms with Gasteiger partial charge in [-0.1, -0.05) is 26.0 Å². The van der Waals surface area contributed by atoms with Gasteiger partial charge in [-0.15, -0.1) is 0 Å². The number of carbonyl (C=O) groups is 2. The molecule has 168 valence electrons. The molecule has 0 saturated heterocycles. The van der Waals surface area contributed by atoms with E-state index in [2.05, 4.69) is 10.6 Å². The van der Waals surface area contributed by atoms with Crippen molar-refractivity contribution in [1.29, 1.82) is 0 Å². The van der Waals surface area contributed by atoms with Crippen molar-refractivity contribution < 1.29 is 22.7 Å². The number of nitrogens with one attached hydrogen (secondary N) is 2. The van der Waals surface area contributed by atoms with Crippen molar-refractivity contribution in [1.82, 2.24) is 5.32 Å². The van der Waals surface area contributed by atoms with Crippen LogP contribution < -0.4 is 19.7 Å². The van der Waals surface area contributed by atoms with Gasteiger partial charge in [-0.25, -0.2) is 8.42 Å². The number of hydrogen-bond acceptors (Lipinski definition) is 5. The lowest BCUT2D eigenvalue weighted by molar-refractivity contribution is -0.122. The zero-order valence-corrected chi connectivity index (χ0v) is 19.0. The van der Waals surface area contributed by atoms with E-state index in [1.165, 1.54) is 7.05 Å². The molecule has 31 heavy (non-hydrogen) atoms. The lowest BCUT2D eigenvalue weighted by Crippen LogP contribution is -2.33. The summed E-state index contributed by atoms with van der Waals surface area (Å²) < 4.78 is 30.3. The minimum absolute atomic E-state index is 0.252. The number of carbonyl (C=O) groups excluding carboxylic acids is 2. The quantitative estimate of drug-likeness (QED) is 0.583. The first-order valence-electron chi connectivity index (χ1n) is 10.1. The zero-order chi connectivity index (χ0) is 23.0. The molecule has 2 amide bonds. The molecule has 0 aliphatic rings. The summed E-state index contributed by atoms with van der Waals surface area (Å²) in [5, 5.41) is 5.58. The van der Waals surface area contributed by atoms with Crippen LogP contribution in [-0.2, 0) is 14.8 Å². The van der Waals surface area contributed by atoms with Gasteiger partial charge in [0.05, 0.1) is 23.2 Å². The number of sulfonamides is 1. The fraction of sp³-hybridized carbons (Fsp3) is 0.364. The van der Waals surface area contributed by atoms with E-state index in [0.717, 1.165) is 17.0 Å². The van der Waals surface area contributed by atoms with E-state index >= 15 is 0 Å². The van der Waals surface area contributed by atoms with Crippen LogP contribution in [0.2, 0.25) is 0 Å². The standard InChI is InChI=1S/C22H29N3O5S/c1-5-15-23-21(26)18-9-7-8-10-19(18)24-22(27)20(6-2)30-17-13-11-16(12-14-17)25(3)31(4,28)29/h7-14,20H,5-6,15H2,1-4H3,(H,23,26)(H,24,27)/t20-/m0/s1. The molecule has 0 aliphatic carbocycles. The Labute approximate surface area is 183 Å². The summed E-state index contributed by atoms with van der Waals surface area (Å²) in [4.78, 5) is 25.1. The number of ether oxygens (including phenoxy) is 1. The third-order valence-electron chi connectivity index (χ3n) is 4.60. The van der Waals surface area contributed by atoms with Gasteiger partial charge < -0.3 is 15.4 Å². The predicted molar refractivity (Wildman–Crippen MR) is 122 cm³/mol. The first-order valence-corrected chi connectivity index (χ1v) is 11.9. The van der Waals surface area contributed by atoms with Crippen molar-refractivity contribution in [3.63, 3.8) is 0 Å². The van der Waals surface area contributed by atoms with Crippen LogP contribution in [-0.4, -0.2) is 46.2 Å². The molecule has 2 aromatic carbocycles. The van der Waals surface area contributed by atoms with Crippen molar-refractivity contribution in [3.8, 4) is 5.75 Å². The molecular weight excluding hydrogens is 418 g/mol. The molecule has 2 rings (SSSR count). The first kappa shape index (κ1) is 24.2. The second kappa shape index (κ2) is 10.8. The van der Waals surface area contributed by atoms with E-state index in [1.54, 1.807) is 48.5 Å². The average Bonchev–Trinajstić information content (AvgIpc) is 2.75. The molecule has 9 heteroatoms. The van der Waals surface area contributed by atoms with E-state index in [1.807, 2.05) is 13.8 Å². The number of anilines is 2. The molecule has 0 spiro atoms. The monoisotopic (exact) mass is 447 g/mol. The highest BCUT2D eigenvalue weighted by Gasteiger charge is 2.21. The van der Waals surface area contributed by atoms with Gasteiger partial charge in [0, 0.05) is 13.6 Å². The van der Waals surface area contributed by atoms with Gasteiger partial charge in [0.15, 0.2) is 6.10 Å². The van der Waals surface area contributed by atoms with Gasteiger partial charge in [0.1, 0.15) is 5.75 Å². The number of hydrogen-bond donors (Lipinski definition) is 2. The van der Waals surface area contributed by atoms with E-state index in [9.17, 15) is 18.0 Å². The maximum Gasteiger partial charge on any atom is 0.265 e. The molecule has 0 aromatic heterocycles. The molecule has 2 aromatic rings. The molecule has 0 radical (unpaired) electrons. The van der Waals surface area contributed by atoms with Crippen molar-refractivity contribution in [2.75, 3.05) is 29.5 Å². The van der Waals surface area contributed by atoms with E-state index in [-0.39, 0.29) is 11.8 Å². The smallest absolute Gasteiger partial charge is 0.265 e. The minimum atomic E-state index is -3.37. The third-order valence-corrected chi connectivity index (χ3v) is 5.81. The Morgan fingerprint density at radius 2 is 1.71 bits per heavy atom. The predicted octanol–water partition coefficient (Wildman–Crippen LogP) is 3.02. The summed E-state index contributed by atoms with van der Waals surface area (Å²) in [6, 6.07) is 13.2. The van der Waals surface area contributed by atoms with Gasteiger partial charge in [-0.3, -0.25) is 13.9 Å². The Hall–Kier alpha value is -3.07. The van der Waals surface area contributed by atoms with Gasteiger partial charge in [-0.2, -0.15) is 0 Å². The highest BCUT2D eigenvalue weighted by Crippen LogP contribution is 2.22. The Morgan fingerprint density at radius 3 is 2.29 bits per heavy atom. The molecule has 0 aliphatic heterocycles. The van der Waals surface area contributed by atoms with Gasteiger partial charge in [-0.05, 0) is 49.2 Å². The van der Waals surface area contributed by atoms with Crippen LogP contribution in [0.1, 0.15) is 37.0 Å². The minimum Gasteiger partial charge on any atom is -0.481 e. The second-order valence-electron chi connectivity index (χ2n) is 7.03. The Balaban J connectivity index is 2.11. The molecule has 0 fully saturated rings. The fourth-order valence-electron chi connectivity index (χ4n) is 2.75. The zero-order valence-electron chi connectivity index (χ0n) is 18.2. The van der Waals surface area contributed by atoms with Crippen molar-refractivity contribution in [2.45, 2.75) is 32.8 Å². The summed E-state index contributed by atoms with van der Waals surface area (Å²) in [6.07, 6.45) is 1.55. The number of para-hydroxylation sites is 1. The summed E-state index contributed by atoms with van der Waals surface area (Å²) >= 11 is 0. The highest BCUT2D eigenvalue weighted by molar-refractivity contribution is 7.92. The molecule has 8 nitrogen and oxygen atoms in total. The summed E-state index contributed by atoms with van der Waals surface area (Å²) in [6.45, 7) is 4.32. The van der Waals surface area contributed by atoms with Crippen molar-refractivity contribution in [2.24, 2.45) is 0 Å². The average molecular weight is 448 g/mol. The highest BCUT2D eigenvalue weighted by atomic mass is 32.2. The van der Waals surface area contributed by atoms with Crippen LogP contribution >= 0.6 is 0 Å². The van der Waals surface area contributed by atoms with Gasteiger partial charge in [0.25, 0.3) is 11.8 Å². The second-order valence-corrected chi connectivity index (χ2v) is 9.04. The molecule has 1 atom stereocenters. The van der Waals surface area contributed by atoms with Crippen LogP contribution in [0.5, 0.6) is 5.75 Å². The summed E-state index contributed by atoms with van der Waals surface area (Å²) in [5.41, 5.74) is 1.28. The van der Waals surface area contributed by atoms with Crippen LogP contribution in [0.25, 0.3) is 0 Å². The normalized spacial score (nSPS) is 12.0. The Morgan fingerprint density at radius 1 is 1.06 bits per heavy atom. The fourth-order valence-corrected chi connectivity index (χ4v) is 3.25. The number of nitrogens with zero attached hydrogens (tertiary/aromatic N) is 1. The SMILES string of the molecule is CCCNC(=O)c1ccccc1NC(=O)[C@H](CC)Oc1ccc(N(C)S(C)(=O)=O)cc1. The lowest BCUT2D eigenvalue weighted by Gasteiger charge is -2.20. The molecular formula is C22H29N3O5S. The summed E-state index contributed by atoms with van der Waals surface area (Å²) in [5.74, 6) is -0.200. The molecule has 0 saturated carbocycles.